The van der Waals surface area contributed by atoms with Gasteiger partial charge in [0.2, 0.25) is 0 Å². The molecular formula is C15H22N2O4. The first-order valence-electron chi connectivity index (χ1n) is 7.58. The van der Waals surface area contributed by atoms with Crippen molar-refractivity contribution in [3.05, 3.63) is 20.4 Å². The van der Waals surface area contributed by atoms with Gasteiger partial charge in [0.15, 0.2) is 0 Å². The summed E-state index contributed by atoms with van der Waals surface area (Å²) in [5, 5.41) is 3.02. The summed E-state index contributed by atoms with van der Waals surface area (Å²) >= 11 is 0. The molecular weight excluding hydrogens is 272 g/mol. The van der Waals surface area contributed by atoms with Crippen LogP contribution >= 0.6 is 0 Å². The van der Waals surface area contributed by atoms with E-state index in [1.807, 2.05) is 11.8 Å². The van der Waals surface area contributed by atoms with E-state index in [9.17, 15) is 14.4 Å². The van der Waals surface area contributed by atoms with Crippen LogP contribution in [-0.2, 0) is 9.53 Å². The molecule has 0 bridgehead atoms. The number of carbonyl (C=O) groups excluding carboxylic acids is 1. The summed E-state index contributed by atoms with van der Waals surface area (Å²) in [4.78, 5) is 37.2. The van der Waals surface area contributed by atoms with E-state index < -0.39 is 10.9 Å². The van der Waals surface area contributed by atoms with Crippen molar-refractivity contribution in [1.29, 1.82) is 0 Å². The van der Waals surface area contributed by atoms with Crippen LogP contribution in [0.3, 0.4) is 0 Å². The highest BCUT2D eigenvalue weighted by molar-refractivity contribution is 5.78. The summed E-state index contributed by atoms with van der Waals surface area (Å²) in [6.07, 6.45) is 2.46. The minimum atomic E-state index is -0.447. The summed E-state index contributed by atoms with van der Waals surface area (Å²) in [6.45, 7) is 5.94. The van der Waals surface area contributed by atoms with Gasteiger partial charge in [0, 0.05) is 19.6 Å². The topological polar surface area (TPSA) is 75.7 Å². The van der Waals surface area contributed by atoms with Gasteiger partial charge in [-0.15, -0.1) is 0 Å². The van der Waals surface area contributed by atoms with Crippen molar-refractivity contribution in [3.63, 3.8) is 0 Å². The van der Waals surface area contributed by atoms with Crippen molar-refractivity contribution < 1.29 is 9.53 Å². The molecule has 1 atom stereocenters. The van der Waals surface area contributed by atoms with Gasteiger partial charge in [-0.05, 0) is 26.2 Å². The van der Waals surface area contributed by atoms with Crippen LogP contribution in [0.25, 0.3) is 0 Å². The minimum Gasteiger partial charge on any atom is -0.466 e. The van der Waals surface area contributed by atoms with E-state index in [-0.39, 0.29) is 11.9 Å². The van der Waals surface area contributed by atoms with Gasteiger partial charge in [-0.25, -0.2) is 0 Å². The summed E-state index contributed by atoms with van der Waals surface area (Å²) in [6, 6.07) is 0. The van der Waals surface area contributed by atoms with Gasteiger partial charge < -0.3 is 15.0 Å². The number of nitrogens with zero attached hydrogens (tertiary/aromatic N) is 1. The van der Waals surface area contributed by atoms with Gasteiger partial charge in [0.25, 0.3) is 10.9 Å². The maximum absolute atomic E-state index is 11.8. The fourth-order valence-electron chi connectivity index (χ4n) is 2.73. The zero-order valence-electron chi connectivity index (χ0n) is 12.6. The quantitative estimate of drug-likeness (QED) is 0.620. The van der Waals surface area contributed by atoms with E-state index >= 15 is 0 Å². The number of piperidine rings is 1. The van der Waals surface area contributed by atoms with Gasteiger partial charge in [-0.1, -0.05) is 6.92 Å². The van der Waals surface area contributed by atoms with Gasteiger partial charge in [0.1, 0.15) is 11.4 Å². The molecule has 1 aliphatic rings. The minimum absolute atomic E-state index is 0.219. The second-order valence-corrected chi connectivity index (χ2v) is 5.35. The SMILES string of the molecule is CCCNc1c(N2CCCC(C(=O)OCC)C2)c(=O)c1=O. The Hall–Kier alpha value is -1.85. The van der Waals surface area contributed by atoms with Crippen LogP contribution < -0.4 is 21.1 Å². The Morgan fingerprint density at radius 3 is 2.76 bits per heavy atom. The lowest BCUT2D eigenvalue weighted by molar-refractivity contribution is -0.148. The Balaban J connectivity index is 2.11. The van der Waals surface area contributed by atoms with E-state index in [0.717, 1.165) is 19.3 Å². The van der Waals surface area contributed by atoms with E-state index in [1.54, 1.807) is 6.92 Å². The average molecular weight is 294 g/mol. The molecule has 0 amide bonds. The number of rotatable bonds is 6. The number of esters is 1. The molecule has 1 aromatic carbocycles. The van der Waals surface area contributed by atoms with Crippen molar-refractivity contribution in [2.75, 3.05) is 36.5 Å². The fraction of sp³-hybridized carbons (Fsp3) is 0.667. The van der Waals surface area contributed by atoms with Crippen LogP contribution in [0.1, 0.15) is 33.1 Å². The van der Waals surface area contributed by atoms with Crippen LogP contribution in [0, 0.1) is 5.92 Å². The van der Waals surface area contributed by atoms with E-state index in [4.69, 9.17) is 4.74 Å². The van der Waals surface area contributed by atoms with Crippen molar-refractivity contribution in [2.24, 2.45) is 5.92 Å². The standard InChI is InChI=1S/C15H22N2O4/c1-3-7-16-11-12(14(19)13(11)18)17-8-5-6-10(9-17)15(20)21-4-2/h10,16H,3-9H2,1-2H3. The molecule has 1 fully saturated rings. The molecule has 0 aliphatic carbocycles. The predicted molar refractivity (Wildman–Crippen MR) is 81.7 cm³/mol. The van der Waals surface area contributed by atoms with Crippen LogP contribution in [0.2, 0.25) is 0 Å². The van der Waals surface area contributed by atoms with Crippen LogP contribution in [0.4, 0.5) is 11.4 Å². The van der Waals surface area contributed by atoms with Gasteiger partial charge >= 0.3 is 5.97 Å². The Labute approximate surface area is 123 Å². The lowest BCUT2D eigenvalue weighted by Crippen LogP contribution is -2.47. The van der Waals surface area contributed by atoms with E-state index in [2.05, 4.69) is 5.32 Å². The number of hydrogen-bond acceptors (Lipinski definition) is 6. The highest BCUT2D eigenvalue weighted by atomic mass is 16.5. The molecule has 1 N–H and O–H groups in total. The second-order valence-electron chi connectivity index (χ2n) is 5.35. The third-order valence-corrected chi connectivity index (χ3v) is 3.79. The molecule has 1 aliphatic heterocycles. The van der Waals surface area contributed by atoms with Crippen molar-refractivity contribution in [3.8, 4) is 0 Å². The van der Waals surface area contributed by atoms with E-state index in [1.165, 1.54) is 0 Å². The Kier molecular flexibility index (Phi) is 4.98. The number of anilines is 2. The molecule has 6 heteroatoms. The number of nitrogens with one attached hydrogen (secondary N) is 1. The first kappa shape index (κ1) is 15.5. The summed E-state index contributed by atoms with van der Waals surface area (Å²) in [5.74, 6) is -0.439. The largest absolute Gasteiger partial charge is 0.466 e. The number of carbonyl (C=O) groups is 1. The molecule has 0 radical (unpaired) electrons. The van der Waals surface area contributed by atoms with Gasteiger partial charge in [-0.3, -0.25) is 14.4 Å². The summed E-state index contributed by atoms with van der Waals surface area (Å²) in [7, 11) is 0. The average Bonchev–Trinajstić information content (AvgIpc) is 2.50. The second kappa shape index (κ2) is 6.74. The van der Waals surface area contributed by atoms with Crippen LogP contribution in [0.15, 0.2) is 9.59 Å². The first-order chi connectivity index (χ1) is 10.1. The Morgan fingerprint density at radius 1 is 1.33 bits per heavy atom. The highest BCUT2D eigenvalue weighted by Gasteiger charge is 2.32. The van der Waals surface area contributed by atoms with Crippen LogP contribution in [0.5, 0.6) is 0 Å². The normalized spacial score (nSPS) is 18.8. The summed E-state index contributed by atoms with van der Waals surface area (Å²) in [5.41, 5.74) is -0.0383. The van der Waals surface area contributed by atoms with Crippen molar-refractivity contribution in [2.45, 2.75) is 33.1 Å². The van der Waals surface area contributed by atoms with Crippen LogP contribution in [-0.4, -0.2) is 32.2 Å². The van der Waals surface area contributed by atoms with Gasteiger partial charge in [-0.2, -0.15) is 0 Å². The predicted octanol–water partition coefficient (Wildman–Crippen LogP) is 0.884. The van der Waals surface area contributed by atoms with Gasteiger partial charge in [0.05, 0.1) is 12.5 Å². The molecule has 2 rings (SSSR count). The maximum Gasteiger partial charge on any atom is 0.310 e. The number of hydrogen-bond donors (Lipinski definition) is 1. The molecule has 21 heavy (non-hydrogen) atoms. The first-order valence-corrected chi connectivity index (χ1v) is 7.58. The number of ether oxygens (including phenoxy) is 1. The molecule has 1 saturated heterocycles. The van der Waals surface area contributed by atoms with Crippen molar-refractivity contribution >= 4 is 17.3 Å². The summed E-state index contributed by atoms with van der Waals surface area (Å²) < 4.78 is 5.05. The van der Waals surface area contributed by atoms with Crippen molar-refractivity contribution in [1.82, 2.24) is 0 Å². The smallest absolute Gasteiger partial charge is 0.310 e. The zero-order chi connectivity index (χ0) is 15.4. The molecule has 1 aromatic rings. The molecule has 0 saturated carbocycles. The lowest BCUT2D eigenvalue weighted by atomic mass is 9.96. The monoisotopic (exact) mass is 294 g/mol. The lowest BCUT2D eigenvalue weighted by Gasteiger charge is -2.34. The Morgan fingerprint density at radius 2 is 2.10 bits per heavy atom. The third-order valence-electron chi connectivity index (χ3n) is 3.79. The zero-order valence-corrected chi connectivity index (χ0v) is 12.6. The Bertz CT molecular complexity index is 574. The molecule has 1 unspecified atom stereocenters. The van der Waals surface area contributed by atoms with E-state index in [0.29, 0.717) is 37.6 Å². The molecule has 6 nitrogen and oxygen atoms in total. The maximum atomic E-state index is 11.8. The molecule has 1 heterocycles. The highest BCUT2D eigenvalue weighted by Crippen LogP contribution is 2.26. The molecule has 0 spiro atoms. The third kappa shape index (κ3) is 3.09. The molecule has 116 valence electrons. The molecule has 0 aromatic heterocycles. The fourth-order valence-corrected chi connectivity index (χ4v) is 2.73.